The van der Waals surface area contributed by atoms with Gasteiger partial charge in [0, 0.05) is 11.3 Å². The maximum Gasteiger partial charge on any atom is 0.411 e. The highest BCUT2D eigenvalue weighted by molar-refractivity contribution is 5.85. The molecule has 0 fully saturated rings. The van der Waals surface area contributed by atoms with Gasteiger partial charge in [-0.15, -0.1) is 0 Å². The van der Waals surface area contributed by atoms with Crippen LogP contribution in [0.3, 0.4) is 0 Å². The Morgan fingerprint density at radius 2 is 1.91 bits per heavy atom. The molecule has 0 bridgehead atoms. The summed E-state index contributed by atoms with van der Waals surface area (Å²) < 4.78 is 10.9. The first-order valence-corrected chi connectivity index (χ1v) is 7.67. The number of amides is 1. The van der Waals surface area contributed by atoms with E-state index in [2.05, 4.69) is 5.32 Å². The average molecular weight is 305 g/mol. The number of ether oxygens (including phenoxy) is 2. The monoisotopic (exact) mass is 305 g/mol. The van der Waals surface area contributed by atoms with Crippen molar-refractivity contribution in [2.45, 2.75) is 47.6 Å². The summed E-state index contributed by atoms with van der Waals surface area (Å²) in [7, 11) is 0. The number of hydrogen-bond acceptors (Lipinski definition) is 3. The fourth-order valence-corrected chi connectivity index (χ4v) is 1.81. The molecule has 0 saturated heterocycles. The van der Waals surface area contributed by atoms with Crippen LogP contribution in [0.25, 0.3) is 6.08 Å². The number of hydrogen-bond donors (Lipinski definition) is 1. The van der Waals surface area contributed by atoms with Crippen LogP contribution in [-0.2, 0) is 4.74 Å². The Morgan fingerprint density at radius 3 is 2.45 bits per heavy atom. The summed E-state index contributed by atoms with van der Waals surface area (Å²) in [6, 6.07) is 5.57. The Labute approximate surface area is 133 Å². The molecule has 0 aliphatic heterocycles. The van der Waals surface area contributed by atoms with Crippen LogP contribution in [0.1, 0.15) is 47.1 Å². The van der Waals surface area contributed by atoms with E-state index in [4.69, 9.17) is 9.47 Å². The van der Waals surface area contributed by atoms with Gasteiger partial charge in [-0.1, -0.05) is 25.5 Å². The highest BCUT2D eigenvalue weighted by atomic mass is 16.5. The third kappa shape index (κ3) is 6.66. The Hall–Kier alpha value is -1.97. The smallest absolute Gasteiger partial charge is 0.411 e. The Kier molecular flexibility index (Phi) is 6.96. The lowest BCUT2D eigenvalue weighted by molar-refractivity contribution is 0.147. The third-order valence-corrected chi connectivity index (χ3v) is 2.61. The fraction of sp³-hybridized carbons (Fsp3) is 0.500. The summed E-state index contributed by atoms with van der Waals surface area (Å²) in [5.41, 5.74) is 2.79. The number of benzene rings is 1. The van der Waals surface area contributed by atoms with E-state index in [9.17, 15) is 4.79 Å². The van der Waals surface area contributed by atoms with E-state index >= 15 is 0 Å². The maximum absolute atomic E-state index is 11.7. The van der Waals surface area contributed by atoms with Gasteiger partial charge < -0.3 is 9.47 Å². The van der Waals surface area contributed by atoms with Crippen LogP contribution in [0.4, 0.5) is 10.5 Å². The molecule has 0 aliphatic carbocycles. The van der Waals surface area contributed by atoms with Crippen molar-refractivity contribution in [2.24, 2.45) is 5.92 Å². The number of carbonyl (C=O) groups is 1. The molecule has 0 heterocycles. The summed E-state index contributed by atoms with van der Waals surface area (Å²) in [6.45, 7) is 12.4. The van der Waals surface area contributed by atoms with Gasteiger partial charge in [0.2, 0.25) is 0 Å². The zero-order chi connectivity index (χ0) is 16.7. The normalized spacial score (nSPS) is 10.5. The number of nitrogens with one attached hydrogen (secondary N) is 1. The molecule has 1 aromatic rings. The van der Waals surface area contributed by atoms with E-state index in [-0.39, 0.29) is 6.10 Å². The standard InChI is InChI=1S/C18H27NO3/c1-12(2)9-15-10-16(7-8-17(15)22-14(5)6)19-18(20)21-11-13(3)4/h7-10,13-14H,11H2,1-6H3,(H,19,20). The summed E-state index contributed by atoms with van der Waals surface area (Å²) in [4.78, 5) is 11.7. The maximum atomic E-state index is 11.7. The molecule has 22 heavy (non-hydrogen) atoms. The van der Waals surface area contributed by atoms with Crippen LogP contribution in [-0.4, -0.2) is 18.8 Å². The second kappa shape index (κ2) is 8.47. The lowest BCUT2D eigenvalue weighted by Gasteiger charge is -2.15. The third-order valence-electron chi connectivity index (χ3n) is 2.61. The molecular formula is C18H27NO3. The molecule has 0 aliphatic rings. The van der Waals surface area contributed by atoms with Gasteiger partial charge in [-0.05, 0) is 51.8 Å². The molecule has 4 nitrogen and oxygen atoms in total. The number of carbonyl (C=O) groups excluding carboxylic acids is 1. The van der Waals surface area contributed by atoms with Gasteiger partial charge in [-0.3, -0.25) is 5.32 Å². The van der Waals surface area contributed by atoms with E-state index in [0.29, 0.717) is 18.2 Å². The van der Waals surface area contributed by atoms with Gasteiger partial charge in [0.1, 0.15) is 5.75 Å². The van der Waals surface area contributed by atoms with Crippen LogP contribution >= 0.6 is 0 Å². The lowest BCUT2D eigenvalue weighted by Crippen LogP contribution is -2.16. The molecule has 4 heteroatoms. The minimum absolute atomic E-state index is 0.0964. The van der Waals surface area contributed by atoms with E-state index in [1.54, 1.807) is 0 Å². The summed E-state index contributed by atoms with van der Waals surface area (Å²) in [5, 5.41) is 2.75. The molecule has 1 N–H and O–H groups in total. The molecule has 0 radical (unpaired) electrons. The predicted octanol–water partition coefficient (Wildman–Crippen LogP) is 5.10. The highest BCUT2D eigenvalue weighted by Gasteiger charge is 2.09. The number of anilines is 1. The average Bonchev–Trinajstić information content (AvgIpc) is 2.38. The topological polar surface area (TPSA) is 47.6 Å². The molecular weight excluding hydrogens is 278 g/mol. The first-order valence-electron chi connectivity index (χ1n) is 7.67. The lowest BCUT2D eigenvalue weighted by atomic mass is 10.1. The Morgan fingerprint density at radius 1 is 1.23 bits per heavy atom. The summed E-state index contributed by atoms with van der Waals surface area (Å²) in [5.74, 6) is 1.12. The van der Waals surface area contributed by atoms with Crippen molar-refractivity contribution in [3.05, 3.63) is 29.3 Å². The van der Waals surface area contributed by atoms with Crippen LogP contribution in [0, 0.1) is 5.92 Å². The molecule has 0 spiro atoms. The summed E-state index contributed by atoms with van der Waals surface area (Å²) in [6.07, 6.45) is 1.69. The van der Waals surface area contributed by atoms with E-state index < -0.39 is 6.09 Å². The predicted molar refractivity (Wildman–Crippen MR) is 91.3 cm³/mol. The molecule has 1 rings (SSSR count). The Bertz CT molecular complexity index is 529. The minimum Gasteiger partial charge on any atom is -0.490 e. The van der Waals surface area contributed by atoms with Crippen LogP contribution in [0.2, 0.25) is 0 Å². The molecule has 1 amide bonds. The van der Waals surface area contributed by atoms with Gasteiger partial charge in [-0.25, -0.2) is 4.79 Å². The zero-order valence-electron chi connectivity index (χ0n) is 14.4. The van der Waals surface area contributed by atoms with Crippen molar-refractivity contribution >= 4 is 17.9 Å². The second-order valence-corrected chi connectivity index (χ2v) is 6.26. The molecule has 0 aromatic heterocycles. The first kappa shape index (κ1) is 18.1. The summed E-state index contributed by atoms with van der Waals surface area (Å²) >= 11 is 0. The largest absolute Gasteiger partial charge is 0.490 e. The second-order valence-electron chi connectivity index (χ2n) is 6.26. The van der Waals surface area contributed by atoms with E-state index in [1.165, 1.54) is 0 Å². The molecule has 122 valence electrons. The first-order chi connectivity index (χ1) is 10.3. The van der Waals surface area contributed by atoms with Gasteiger partial charge in [-0.2, -0.15) is 0 Å². The number of rotatable bonds is 6. The fourth-order valence-electron chi connectivity index (χ4n) is 1.81. The minimum atomic E-state index is -0.436. The van der Waals surface area contributed by atoms with Crippen molar-refractivity contribution in [3.63, 3.8) is 0 Å². The van der Waals surface area contributed by atoms with Crippen LogP contribution in [0.5, 0.6) is 5.75 Å². The molecule has 1 aromatic carbocycles. The van der Waals surface area contributed by atoms with Crippen molar-refractivity contribution in [1.82, 2.24) is 0 Å². The Balaban J connectivity index is 2.89. The molecule has 0 atom stereocenters. The van der Waals surface area contributed by atoms with Crippen molar-refractivity contribution < 1.29 is 14.3 Å². The highest BCUT2D eigenvalue weighted by Crippen LogP contribution is 2.26. The van der Waals surface area contributed by atoms with E-state index in [0.717, 1.165) is 16.9 Å². The van der Waals surface area contributed by atoms with Crippen LogP contribution < -0.4 is 10.1 Å². The quantitative estimate of drug-likeness (QED) is 0.795. The molecule has 0 unspecified atom stereocenters. The van der Waals surface area contributed by atoms with Crippen LogP contribution in [0.15, 0.2) is 23.8 Å². The SMILES string of the molecule is CC(C)=Cc1cc(NC(=O)OCC(C)C)ccc1OC(C)C. The van der Waals surface area contributed by atoms with Crippen molar-refractivity contribution in [2.75, 3.05) is 11.9 Å². The van der Waals surface area contributed by atoms with E-state index in [1.807, 2.05) is 65.8 Å². The van der Waals surface area contributed by atoms with Gasteiger partial charge in [0.05, 0.1) is 12.7 Å². The number of allylic oxidation sites excluding steroid dienone is 1. The van der Waals surface area contributed by atoms with Crippen molar-refractivity contribution in [1.29, 1.82) is 0 Å². The van der Waals surface area contributed by atoms with Gasteiger partial charge in [0.25, 0.3) is 0 Å². The van der Waals surface area contributed by atoms with Crippen molar-refractivity contribution in [3.8, 4) is 5.75 Å². The van der Waals surface area contributed by atoms with Gasteiger partial charge >= 0.3 is 6.09 Å². The zero-order valence-corrected chi connectivity index (χ0v) is 14.4. The van der Waals surface area contributed by atoms with Gasteiger partial charge in [0.15, 0.2) is 0 Å². The molecule has 0 saturated carbocycles.